The molecule has 0 unspecified atom stereocenters. The number of nitrogens with one attached hydrogen (secondary N) is 1. The molecule has 0 bridgehead atoms. The summed E-state index contributed by atoms with van der Waals surface area (Å²) in [6.07, 6.45) is 3.25. The summed E-state index contributed by atoms with van der Waals surface area (Å²) >= 11 is 11.7. The molecule has 0 saturated heterocycles. The Balaban J connectivity index is 2.20. The minimum atomic E-state index is -0.256. The van der Waals surface area contributed by atoms with Gasteiger partial charge in [-0.3, -0.25) is 4.79 Å². The number of aromatic nitrogens is 2. The highest BCUT2D eigenvalue weighted by Crippen LogP contribution is 2.16. The molecule has 4 nitrogen and oxygen atoms in total. The SMILES string of the molecule is CCCc1cc(C(=O)Nc2ccnc(Cl)c2)cc(Cl)n1. The lowest BCUT2D eigenvalue weighted by atomic mass is 10.1. The van der Waals surface area contributed by atoms with E-state index < -0.39 is 0 Å². The lowest BCUT2D eigenvalue weighted by Crippen LogP contribution is -2.13. The second-order valence-electron chi connectivity index (χ2n) is 4.24. The van der Waals surface area contributed by atoms with Crippen LogP contribution >= 0.6 is 23.2 Å². The zero-order chi connectivity index (χ0) is 14.5. The van der Waals surface area contributed by atoms with Crippen LogP contribution in [0, 0.1) is 0 Å². The molecule has 0 saturated carbocycles. The fraction of sp³-hybridized carbons (Fsp3) is 0.214. The minimum Gasteiger partial charge on any atom is -0.322 e. The Morgan fingerprint density at radius 2 is 2.05 bits per heavy atom. The molecule has 0 radical (unpaired) electrons. The van der Waals surface area contributed by atoms with Crippen molar-refractivity contribution in [1.29, 1.82) is 0 Å². The maximum Gasteiger partial charge on any atom is 0.255 e. The van der Waals surface area contributed by atoms with Crippen molar-refractivity contribution in [3.8, 4) is 0 Å². The Morgan fingerprint density at radius 3 is 2.75 bits per heavy atom. The summed E-state index contributed by atoms with van der Waals surface area (Å²) in [5.41, 5.74) is 1.86. The first-order valence-electron chi connectivity index (χ1n) is 6.18. The van der Waals surface area contributed by atoms with Crippen LogP contribution in [0.5, 0.6) is 0 Å². The number of rotatable bonds is 4. The number of hydrogen-bond acceptors (Lipinski definition) is 3. The molecule has 2 aromatic heterocycles. The largest absolute Gasteiger partial charge is 0.322 e. The Morgan fingerprint density at radius 1 is 1.25 bits per heavy atom. The van der Waals surface area contributed by atoms with Crippen molar-refractivity contribution < 1.29 is 4.79 Å². The van der Waals surface area contributed by atoms with Crippen molar-refractivity contribution in [3.05, 3.63) is 52.0 Å². The molecule has 1 N–H and O–H groups in total. The molecule has 0 aliphatic carbocycles. The smallest absolute Gasteiger partial charge is 0.255 e. The number of anilines is 1. The summed E-state index contributed by atoms with van der Waals surface area (Å²) in [5, 5.41) is 3.38. The number of hydrogen-bond donors (Lipinski definition) is 1. The van der Waals surface area contributed by atoms with Crippen molar-refractivity contribution in [2.45, 2.75) is 19.8 Å². The highest BCUT2D eigenvalue weighted by molar-refractivity contribution is 6.30. The normalized spacial score (nSPS) is 10.3. The van der Waals surface area contributed by atoms with Crippen LogP contribution in [-0.4, -0.2) is 15.9 Å². The van der Waals surface area contributed by atoms with Gasteiger partial charge in [-0.1, -0.05) is 36.5 Å². The Bertz CT molecular complexity index is 632. The van der Waals surface area contributed by atoms with Gasteiger partial charge in [0.15, 0.2) is 0 Å². The van der Waals surface area contributed by atoms with E-state index in [1.807, 2.05) is 6.92 Å². The van der Waals surface area contributed by atoms with Crippen molar-refractivity contribution in [2.24, 2.45) is 0 Å². The Hall–Kier alpha value is -1.65. The summed E-state index contributed by atoms with van der Waals surface area (Å²) in [5.74, 6) is -0.256. The molecule has 0 fully saturated rings. The van der Waals surface area contributed by atoms with Gasteiger partial charge < -0.3 is 5.32 Å². The second-order valence-corrected chi connectivity index (χ2v) is 5.02. The van der Waals surface area contributed by atoms with Crippen LogP contribution < -0.4 is 5.32 Å². The first-order chi connectivity index (χ1) is 9.58. The molecule has 104 valence electrons. The second kappa shape index (κ2) is 6.68. The van der Waals surface area contributed by atoms with Crippen molar-refractivity contribution >= 4 is 34.8 Å². The van der Waals surface area contributed by atoms with E-state index in [-0.39, 0.29) is 5.91 Å². The van der Waals surface area contributed by atoms with Crippen molar-refractivity contribution in [2.75, 3.05) is 5.32 Å². The standard InChI is InChI=1S/C14H13Cl2N3O/c1-2-3-10-6-9(7-13(16)18-10)14(20)19-11-4-5-17-12(15)8-11/h4-8H,2-3H2,1H3,(H,17,19,20). The summed E-state index contributed by atoms with van der Waals surface area (Å²) < 4.78 is 0. The summed E-state index contributed by atoms with van der Waals surface area (Å²) in [4.78, 5) is 20.2. The molecule has 0 aliphatic rings. The van der Waals surface area contributed by atoms with Crippen LogP contribution in [0.2, 0.25) is 10.3 Å². The third kappa shape index (κ3) is 3.92. The minimum absolute atomic E-state index is 0.256. The van der Waals surface area contributed by atoms with Crippen LogP contribution in [0.15, 0.2) is 30.5 Å². The molecule has 1 amide bonds. The van der Waals surface area contributed by atoms with Crippen LogP contribution in [0.25, 0.3) is 0 Å². The number of aryl methyl sites for hydroxylation is 1. The number of halogens is 2. The van der Waals surface area contributed by atoms with E-state index >= 15 is 0 Å². The summed E-state index contributed by atoms with van der Waals surface area (Å²) in [6.45, 7) is 2.04. The van der Waals surface area contributed by atoms with E-state index in [1.54, 1.807) is 24.3 Å². The van der Waals surface area contributed by atoms with E-state index in [0.717, 1.165) is 18.5 Å². The zero-order valence-corrected chi connectivity index (χ0v) is 12.4. The predicted octanol–water partition coefficient (Wildman–Crippen LogP) is 3.99. The molecular formula is C14H13Cl2N3O. The molecule has 20 heavy (non-hydrogen) atoms. The first-order valence-corrected chi connectivity index (χ1v) is 6.93. The summed E-state index contributed by atoms with van der Waals surface area (Å²) in [7, 11) is 0. The van der Waals surface area contributed by atoms with Gasteiger partial charge in [0.05, 0.1) is 0 Å². The molecule has 6 heteroatoms. The highest BCUT2D eigenvalue weighted by Gasteiger charge is 2.10. The van der Waals surface area contributed by atoms with Crippen molar-refractivity contribution in [3.63, 3.8) is 0 Å². The van der Waals surface area contributed by atoms with Gasteiger partial charge in [-0.05, 0) is 30.7 Å². The van der Waals surface area contributed by atoms with Gasteiger partial charge in [-0.25, -0.2) is 9.97 Å². The monoisotopic (exact) mass is 309 g/mol. The number of carbonyl (C=O) groups excluding carboxylic acids is 1. The Labute approximate surface area is 127 Å². The van der Waals surface area contributed by atoms with Gasteiger partial charge in [-0.2, -0.15) is 0 Å². The van der Waals surface area contributed by atoms with Crippen LogP contribution in [0.4, 0.5) is 5.69 Å². The molecule has 2 rings (SSSR count). The fourth-order valence-electron chi connectivity index (χ4n) is 1.75. The average Bonchev–Trinajstić information content (AvgIpc) is 2.38. The third-order valence-corrected chi connectivity index (χ3v) is 3.00. The van der Waals surface area contributed by atoms with E-state index in [0.29, 0.717) is 21.6 Å². The van der Waals surface area contributed by atoms with Crippen molar-refractivity contribution in [1.82, 2.24) is 9.97 Å². The zero-order valence-electron chi connectivity index (χ0n) is 10.9. The predicted molar refractivity (Wildman–Crippen MR) is 80.4 cm³/mol. The number of amides is 1. The molecular weight excluding hydrogens is 297 g/mol. The van der Waals surface area contributed by atoms with Crippen LogP contribution in [0.1, 0.15) is 29.4 Å². The molecule has 0 aliphatic heterocycles. The summed E-state index contributed by atoms with van der Waals surface area (Å²) in [6, 6.07) is 6.53. The Kier molecular flexibility index (Phi) is 4.93. The lowest BCUT2D eigenvalue weighted by molar-refractivity contribution is 0.102. The van der Waals surface area contributed by atoms with Crippen LogP contribution in [-0.2, 0) is 6.42 Å². The van der Waals surface area contributed by atoms with Crippen LogP contribution in [0.3, 0.4) is 0 Å². The quantitative estimate of drug-likeness (QED) is 0.869. The maximum absolute atomic E-state index is 12.2. The molecule has 2 aromatic rings. The van der Waals surface area contributed by atoms with E-state index in [9.17, 15) is 4.79 Å². The molecule has 0 spiro atoms. The van der Waals surface area contributed by atoms with E-state index in [1.165, 1.54) is 6.20 Å². The topological polar surface area (TPSA) is 54.9 Å². The molecule has 2 heterocycles. The van der Waals surface area contributed by atoms with Gasteiger partial charge in [0.1, 0.15) is 10.3 Å². The van der Waals surface area contributed by atoms with Gasteiger partial charge in [0, 0.05) is 23.1 Å². The molecule has 0 aromatic carbocycles. The highest BCUT2D eigenvalue weighted by atomic mass is 35.5. The van der Waals surface area contributed by atoms with Gasteiger partial charge >= 0.3 is 0 Å². The van der Waals surface area contributed by atoms with Gasteiger partial charge in [0.2, 0.25) is 0 Å². The van der Waals surface area contributed by atoms with Gasteiger partial charge in [-0.15, -0.1) is 0 Å². The van der Waals surface area contributed by atoms with E-state index in [4.69, 9.17) is 23.2 Å². The number of pyridine rings is 2. The number of carbonyl (C=O) groups is 1. The third-order valence-electron chi connectivity index (χ3n) is 2.60. The maximum atomic E-state index is 12.2. The van der Waals surface area contributed by atoms with Gasteiger partial charge in [0.25, 0.3) is 5.91 Å². The first kappa shape index (κ1) is 14.8. The molecule has 0 atom stereocenters. The number of nitrogens with zero attached hydrogens (tertiary/aromatic N) is 2. The lowest BCUT2D eigenvalue weighted by Gasteiger charge is -2.07. The van der Waals surface area contributed by atoms with E-state index in [2.05, 4.69) is 15.3 Å². The average molecular weight is 310 g/mol. The fourth-order valence-corrected chi connectivity index (χ4v) is 2.15.